The van der Waals surface area contributed by atoms with E-state index in [0.29, 0.717) is 17.7 Å². The van der Waals surface area contributed by atoms with Gasteiger partial charge >= 0.3 is 5.97 Å². The molecule has 1 atom stereocenters. The van der Waals surface area contributed by atoms with E-state index in [-0.39, 0.29) is 24.4 Å². The van der Waals surface area contributed by atoms with Gasteiger partial charge in [-0.2, -0.15) is 0 Å². The quantitative estimate of drug-likeness (QED) is 0.824. The standard InChI is InChI=1S/C14H18FNO3/c1-18-13-5-4-11(15)9-10(13)6-8-19-14(17)12-3-2-7-16-12/h4-5,9,12,16H,2-3,6-8H2,1H3. The molecule has 2 rings (SSSR count). The number of carbonyl (C=O) groups is 1. The van der Waals surface area contributed by atoms with E-state index >= 15 is 0 Å². The SMILES string of the molecule is COc1ccc(F)cc1CCOC(=O)C1CCCN1. The van der Waals surface area contributed by atoms with Gasteiger partial charge in [-0.15, -0.1) is 0 Å². The van der Waals surface area contributed by atoms with E-state index in [1.165, 1.54) is 19.2 Å². The van der Waals surface area contributed by atoms with E-state index in [0.717, 1.165) is 19.4 Å². The third-order valence-electron chi connectivity index (χ3n) is 3.20. The predicted octanol–water partition coefficient (Wildman–Crippen LogP) is 1.67. The topological polar surface area (TPSA) is 47.6 Å². The highest BCUT2D eigenvalue weighted by molar-refractivity contribution is 5.76. The van der Waals surface area contributed by atoms with E-state index in [9.17, 15) is 9.18 Å². The van der Waals surface area contributed by atoms with Crippen LogP contribution in [0.3, 0.4) is 0 Å². The molecular formula is C14H18FNO3. The molecule has 1 aromatic carbocycles. The van der Waals surface area contributed by atoms with Crippen molar-refractivity contribution in [1.82, 2.24) is 5.32 Å². The number of ether oxygens (including phenoxy) is 2. The third kappa shape index (κ3) is 3.67. The number of benzene rings is 1. The van der Waals surface area contributed by atoms with Crippen LogP contribution in [0.5, 0.6) is 5.75 Å². The van der Waals surface area contributed by atoms with E-state index < -0.39 is 0 Å². The van der Waals surface area contributed by atoms with Crippen LogP contribution in [0.4, 0.5) is 4.39 Å². The van der Waals surface area contributed by atoms with Crippen molar-refractivity contribution in [3.05, 3.63) is 29.6 Å². The second-order valence-electron chi connectivity index (χ2n) is 4.52. The van der Waals surface area contributed by atoms with Gasteiger partial charge in [0.1, 0.15) is 17.6 Å². The van der Waals surface area contributed by atoms with Gasteiger partial charge in [0.05, 0.1) is 13.7 Å². The summed E-state index contributed by atoms with van der Waals surface area (Å²) in [4.78, 5) is 11.7. The monoisotopic (exact) mass is 267 g/mol. The maximum absolute atomic E-state index is 13.1. The minimum absolute atomic E-state index is 0.186. The first-order chi connectivity index (χ1) is 9.20. The van der Waals surface area contributed by atoms with Crippen LogP contribution in [0, 0.1) is 5.82 Å². The second kappa shape index (κ2) is 6.52. The summed E-state index contributed by atoms with van der Waals surface area (Å²) in [7, 11) is 1.53. The van der Waals surface area contributed by atoms with Crippen LogP contribution in [0.1, 0.15) is 18.4 Å². The molecule has 1 fully saturated rings. The fourth-order valence-corrected chi connectivity index (χ4v) is 2.19. The van der Waals surface area contributed by atoms with Crippen molar-refractivity contribution in [3.8, 4) is 5.75 Å². The highest BCUT2D eigenvalue weighted by Crippen LogP contribution is 2.20. The molecule has 0 amide bonds. The number of methoxy groups -OCH3 is 1. The maximum Gasteiger partial charge on any atom is 0.323 e. The molecule has 0 aromatic heterocycles. The van der Waals surface area contributed by atoms with Crippen molar-refractivity contribution in [2.45, 2.75) is 25.3 Å². The molecule has 1 aromatic rings. The molecule has 19 heavy (non-hydrogen) atoms. The van der Waals surface area contributed by atoms with Crippen molar-refractivity contribution >= 4 is 5.97 Å². The highest BCUT2D eigenvalue weighted by atomic mass is 19.1. The van der Waals surface area contributed by atoms with Crippen molar-refractivity contribution in [2.24, 2.45) is 0 Å². The smallest absolute Gasteiger partial charge is 0.323 e. The van der Waals surface area contributed by atoms with Crippen molar-refractivity contribution < 1.29 is 18.7 Å². The largest absolute Gasteiger partial charge is 0.496 e. The summed E-state index contributed by atoms with van der Waals surface area (Å²) in [6, 6.07) is 4.14. The van der Waals surface area contributed by atoms with E-state index in [4.69, 9.17) is 9.47 Å². The molecule has 0 bridgehead atoms. The van der Waals surface area contributed by atoms with Crippen LogP contribution in [0.25, 0.3) is 0 Å². The number of esters is 1. The zero-order valence-corrected chi connectivity index (χ0v) is 10.9. The van der Waals surface area contributed by atoms with Crippen molar-refractivity contribution in [2.75, 3.05) is 20.3 Å². The average Bonchev–Trinajstić information content (AvgIpc) is 2.93. The number of nitrogens with one attached hydrogen (secondary N) is 1. The van der Waals surface area contributed by atoms with Gasteiger partial charge in [-0.3, -0.25) is 4.79 Å². The van der Waals surface area contributed by atoms with Gasteiger partial charge in [0.2, 0.25) is 0 Å². The zero-order chi connectivity index (χ0) is 13.7. The van der Waals surface area contributed by atoms with Crippen LogP contribution in [0.15, 0.2) is 18.2 Å². The van der Waals surface area contributed by atoms with Crippen molar-refractivity contribution in [1.29, 1.82) is 0 Å². The molecule has 1 aliphatic heterocycles. The van der Waals surface area contributed by atoms with Gasteiger partial charge in [-0.1, -0.05) is 0 Å². The number of carbonyl (C=O) groups excluding carboxylic acids is 1. The fraction of sp³-hybridized carbons (Fsp3) is 0.500. The Labute approximate surface area is 111 Å². The Morgan fingerprint density at radius 2 is 2.37 bits per heavy atom. The molecule has 0 radical (unpaired) electrons. The van der Waals surface area contributed by atoms with Gasteiger partial charge in [0.15, 0.2) is 0 Å². The van der Waals surface area contributed by atoms with Crippen LogP contribution in [-0.2, 0) is 16.0 Å². The van der Waals surface area contributed by atoms with E-state index in [1.54, 1.807) is 6.07 Å². The molecule has 1 unspecified atom stereocenters. The minimum Gasteiger partial charge on any atom is -0.496 e. The van der Waals surface area contributed by atoms with E-state index in [1.807, 2.05) is 0 Å². The van der Waals surface area contributed by atoms with Gasteiger partial charge < -0.3 is 14.8 Å². The lowest BCUT2D eigenvalue weighted by Gasteiger charge is -2.12. The molecule has 0 aliphatic carbocycles. The Morgan fingerprint density at radius 3 is 3.05 bits per heavy atom. The Hall–Kier alpha value is -1.62. The van der Waals surface area contributed by atoms with Gasteiger partial charge in [-0.25, -0.2) is 4.39 Å². The van der Waals surface area contributed by atoms with Gasteiger partial charge in [-0.05, 0) is 37.6 Å². The normalized spacial score (nSPS) is 18.3. The summed E-state index contributed by atoms with van der Waals surface area (Å²) < 4.78 is 23.5. The summed E-state index contributed by atoms with van der Waals surface area (Å²) in [5.74, 6) is 0.0592. The lowest BCUT2D eigenvalue weighted by atomic mass is 10.1. The number of halogens is 1. The molecule has 104 valence electrons. The molecule has 0 spiro atoms. The summed E-state index contributed by atoms with van der Waals surface area (Å²) in [5.41, 5.74) is 0.703. The third-order valence-corrected chi connectivity index (χ3v) is 3.20. The molecule has 1 heterocycles. The van der Waals surface area contributed by atoms with Crippen LogP contribution >= 0.6 is 0 Å². The Morgan fingerprint density at radius 1 is 1.53 bits per heavy atom. The number of hydrogen-bond donors (Lipinski definition) is 1. The van der Waals surface area contributed by atoms with Crippen LogP contribution in [0.2, 0.25) is 0 Å². The summed E-state index contributed by atoms with van der Waals surface area (Å²) in [6.45, 7) is 1.09. The molecule has 1 saturated heterocycles. The first-order valence-electron chi connectivity index (χ1n) is 6.43. The minimum atomic E-state index is -0.320. The Kier molecular flexibility index (Phi) is 4.74. The number of hydrogen-bond acceptors (Lipinski definition) is 4. The van der Waals surface area contributed by atoms with Crippen LogP contribution < -0.4 is 10.1 Å². The van der Waals surface area contributed by atoms with Crippen molar-refractivity contribution in [3.63, 3.8) is 0 Å². The summed E-state index contributed by atoms with van der Waals surface area (Å²) in [5, 5.41) is 3.08. The molecular weight excluding hydrogens is 249 g/mol. The fourth-order valence-electron chi connectivity index (χ4n) is 2.19. The van der Waals surface area contributed by atoms with Gasteiger partial charge in [0.25, 0.3) is 0 Å². The lowest BCUT2D eigenvalue weighted by Crippen LogP contribution is -2.32. The first kappa shape index (κ1) is 13.8. The van der Waals surface area contributed by atoms with Gasteiger partial charge in [0, 0.05) is 12.0 Å². The Balaban J connectivity index is 1.84. The zero-order valence-electron chi connectivity index (χ0n) is 10.9. The first-order valence-corrected chi connectivity index (χ1v) is 6.43. The molecule has 0 saturated carbocycles. The highest BCUT2D eigenvalue weighted by Gasteiger charge is 2.23. The predicted molar refractivity (Wildman–Crippen MR) is 68.6 cm³/mol. The second-order valence-corrected chi connectivity index (χ2v) is 4.52. The van der Waals surface area contributed by atoms with E-state index in [2.05, 4.69) is 5.32 Å². The molecule has 1 aliphatic rings. The molecule has 1 N–H and O–H groups in total. The summed E-state index contributed by atoms with van der Waals surface area (Å²) in [6.07, 6.45) is 2.26. The molecule has 4 nitrogen and oxygen atoms in total. The van der Waals surface area contributed by atoms with Crippen LogP contribution in [-0.4, -0.2) is 32.3 Å². The number of rotatable bonds is 5. The molecule has 5 heteroatoms. The summed E-state index contributed by atoms with van der Waals surface area (Å²) >= 11 is 0. The average molecular weight is 267 g/mol. The Bertz CT molecular complexity index is 444. The lowest BCUT2D eigenvalue weighted by molar-refractivity contribution is -0.145. The maximum atomic E-state index is 13.1.